The molecule has 0 aliphatic rings. The van der Waals surface area contributed by atoms with Crippen molar-refractivity contribution in [2.24, 2.45) is 0 Å². The number of aryl methyl sites for hydroxylation is 1. The van der Waals surface area contributed by atoms with E-state index in [2.05, 4.69) is 15.3 Å². The second-order valence-electron chi connectivity index (χ2n) is 4.67. The number of nitrogens with zero attached hydrogens (tertiary/aromatic N) is 4. The minimum absolute atomic E-state index is 0.00476. The second-order valence-corrected chi connectivity index (χ2v) is 4.67. The lowest BCUT2D eigenvalue weighted by molar-refractivity contribution is -0.384. The van der Waals surface area contributed by atoms with Crippen LogP contribution in [-0.4, -0.2) is 24.7 Å². The van der Waals surface area contributed by atoms with Crippen molar-refractivity contribution in [3.8, 4) is 0 Å². The fourth-order valence-corrected chi connectivity index (χ4v) is 2.22. The zero-order valence-corrected chi connectivity index (χ0v) is 11.1. The van der Waals surface area contributed by atoms with Crippen molar-refractivity contribution in [2.45, 2.75) is 13.3 Å². The van der Waals surface area contributed by atoms with Gasteiger partial charge in [-0.25, -0.2) is 4.52 Å². The van der Waals surface area contributed by atoms with Crippen molar-refractivity contribution in [2.75, 3.05) is 0 Å². The Labute approximate surface area is 118 Å². The van der Waals surface area contributed by atoms with E-state index in [0.29, 0.717) is 23.2 Å². The lowest BCUT2D eigenvalue weighted by Gasteiger charge is -2.06. The van der Waals surface area contributed by atoms with Crippen molar-refractivity contribution in [1.29, 1.82) is 0 Å². The van der Waals surface area contributed by atoms with Crippen molar-refractivity contribution in [3.63, 3.8) is 0 Å². The van der Waals surface area contributed by atoms with Gasteiger partial charge in [-0.1, -0.05) is 12.1 Å². The maximum absolute atomic E-state index is 12.4. The molecule has 1 aromatic carbocycles. The molecule has 1 N–H and O–H groups in total. The van der Waals surface area contributed by atoms with Crippen LogP contribution in [-0.2, 0) is 6.42 Å². The van der Waals surface area contributed by atoms with Crippen molar-refractivity contribution in [1.82, 2.24) is 19.8 Å². The molecule has 3 aromatic rings. The molecule has 2 aromatic heterocycles. The molecule has 0 amide bonds. The molecule has 21 heavy (non-hydrogen) atoms. The molecule has 2 heterocycles. The number of hydrogen-bond donors (Lipinski definition) is 1. The van der Waals surface area contributed by atoms with E-state index < -0.39 is 4.92 Å². The number of aromatic amines is 1. The van der Waals surface area contributed by atoms with Gasteiger partial charge in [-0.2, -0.15) is 0 Å². The Morgan fingerprint density at radius 1 is 1.43 bits per heavy atom. The highest BCUT2D eigenvalue weighted by Gasteiger charge is 2.13. The van der Waals surface area contributed by atoms with Gasteiger partial charge >= 0.3 is 0 Å². The summed E-state index contributed by atoms with van der Waals surface area (Å²) < 4.78 is 1.45. The SMILES string of the molecule is Cc1[nH]n2cnnc2c(=O)c1Cc1cccc([N+](=O)[O-])c1. The van der Waals surface area contributed by atoms with Gasteiger partial charge in [0.1, 0.15) is 6.33 Å². The summed E-state index contributed by atoms with van der Waals surface area (Å²) in [7, 11) is 0. The van der Waals surface area contributed by atoms with Crippen molar-refractivity contribution >= 4 is 11.3 Å². The van der Waals surface area contributed by atoms with Gasteiger partial charge < -0.3 is 0 Å². The first kappa shape index (κ1) is 13.0. The van der Waals surface area contributed by atoms with Crippen LogP contribution in [0.2, 0.25) is 0 Å². The third kappa shape index (κ3) is 2.27. The van der Waals surface area contributed by atoms with Crippen LogP contribution in [0.25, 0.3) is 5.65 Å². The van der Waals surface area contributed by atoms with Crippen LogP contribution < -0.4 is 5.43 Å². The molecule has 0 radical (unpaired) electrons. The van der Waals surface area contributed by atoms with Crippen molar-refractivity contribution < 1.29 is 4.92 Å². The summed E-state index contributed by atoms with van der Waals surface area (Å²) in [5.41, 5.74) is 1.89. The number of nitro benzene ring substituents is 1. The molecule has 0 saturated heterocycles. The highest BCUT2D eigenvalue weighted by Crippen LogP contribution is 2.16. The van der Waals surface area contributed by atoms with E-state index in [1.54, 1.807) is 19.1 Å². The van der Waals surface area contributed by atoms with Crippen LogP contribution in [0.5, 0.6) is 0 Å². The van der Waals surface area contributed by atoms with Crippen LogP contribution in [0.1, 0.15) is 16.8 Å². The van der Waals surface area contributed by atoms with Crippen LogP contribution in [0.3, 0.4) is 0 Å². The summed E-state index contributed by atoms with van der Waals surface area (Å²) in [5, 5.41) is 21.2. The second kappa shape index (κ2) is 4.82. The largest absolute Gasteiger partial charge is 0.295 e. The molecule has 8 nitrogen and oxygen atoms in total. The Morgan fingerprint density at radius 2 is 2.24 bits per heavy atom. The van der Waals surface area contributed by atoms with E-state index in [1.807, 2.05) is 0 Å². The normalized spacial score (nSPS) is 10.9. The van der Waals surface area contributed by atoms with Gasteiger partial charge in [0.2, 0.25) is 11.1 Å². The summed E-state index contributed by atoms with van der Waals surface area (Å²) in [6.07, 6.45) is 1.72. The minimum Gasteiger partial charge on any atom is -0.295 e. The fraction of sp³-hybridized carbons (Fsp3) is 0.154. The van der Waals surface area contributed by atoms with Gasteiger partial charge in [-0.15, -0.1) is 10.2 Å². The first-order chi connectivity index (χ1) is 10.1. The van der Waals surface area contributed by atoms with E-state index in [4.69, 9.17) is 0 Å². The third-order valence-electron chi connectivity index (χ3n) is 3.27. The highest BCUT2D eigenvalue weighted by atomic mass is 16.6. The predicted octanol–water partition coefficient (Wildman–Crippen LogP) is 1.23. The number of fused-ring (bicyclic) bond motifs is 1. The van der Waals surface area contributed by atoms with Gasteiger partial charge in [-0.3, -0.25) is 20.0 Å². The van der Waals surface area contributed by atoms with Crippen LogP contribution in [0, 0.1) is 17.0 Å². The summed E-state index contributed by atoms with van der Waals surface area (Å²) in [4.78, 5) is 22.7. The number of benzene rings is 1. The van der Waals surface area contributed by atoms with Gasteiger partial charge in [0.05, 0.1) is 4.92 Å². The number of nitrogens with one attached hydrogen (secondary N) is 1. The molecule has 106 valence electrons. The number of non-ortho nitro benzene ring substituents is 1. The van der Waals surface area contributed by atoms with Gasteiger partial charge in [-0.05, 0) is 12.5 Å². The molecule has 8 heteroatoms. The lowest BCUT2D eigenvalue weighted by atomic mass is 10.0. The van der Waals surface area contributed by atoms with E-state index in [1.165, 1.54) is 23.0 Å². The zero-order valence-electron chi connectivity index (χ0n) is 11.1. The molecule has 0 fully saturated rings. The first-order valence-electron chi connectivity index (χ1n) is 6.21. The summed E-state index contributed by atoms with van der Waals surface area (Å²) in [6.45, 7) is 1.77. The smallest absolute Gasteiger partial charge is 0.269 e. The first-order valence-corrected chi connectivity index (χ1v) is 6.21. The fourth-order valence-electron chi connectivity index (χ4n) is 2.22. The average molecular weight is 285 g/mol. The quantitative estimate of drug-likeness (QED) is 0.575. The monoisotopic (exact) mass is 285 g/mol. The molecule has 3 rings (SSSR count). The lowest BCUT2D eigenvalue weighted by Crippen LogP contribution is -2.17. The molecule has 0 spiro atoms. The summed E-state index contributed by atoms with van der Waals surface area (Å²) in [5.74, 6) is 0. The molecule has 0 saturated carbocycles. The topological polar surface area (TPSA) is 106 Å². The standard InChI is InChI=1S/C13H11N5O3/c1-8-11(12(19)13-15-14-7-17(13)16-8)6-9-3-2-4-10(5-9)18(20)21/h2-5,7,16H,6H2,1H3. The molecule has 0 atom stereocenters. The number of hydrogen-bond acceptors (Lipinski definition) is 5. The Kier molecular flexibility index (Phi) is 2.98. The molecule has 0 bridgehead atoms. The predicted molar refractivity (Wildman–Crippen MR) is 74.2 cm³/mol. The van der Waals surface area contributed by atoms with E-state index in [9.17, 15) is 14.9 Å². The Balaban J connectivity index is 2.07. The van der Waals surface area contributed by atoms with Crippen LogP contribution in [0.4, 0.5) is 5.69 Å². The summed E-state index contributed by atoms with van der Waals surface area (Å²) >= 11 is 0. The minimum atomic E-state index is -0.456. The maximum atomic E-state index is 12.4. The van der Waals surface area contributed by atoms with Crippen LogP contribution >= 0.6 is 0 Å². The number of rotatable bonds is 3. The van der Waals surface area contributed by atoms with Crippen LogP contribution in [0.15, 0.2) is 35.4 Å². The van der Waals surface area contributed by atoms with Gasteiger partial charge in [0.25, 0.3) is 5.69 Å². The number of nitro groups is 1. The van der Waals surface area contributed by atoms with E-state index in [0.717, 1.165) is 0 Å². The molecule has 0 aliphatic carbocycles. The third-order valence-corrected chi connectivity index (χ3v) is 3.27. The Morgan fingerprint density at radius 3 is 3.00 bits per heavy atom. The van der Waals surface area contributed by atoms with Gasteiger partial charge in [0, 0.05) is 29.8 Å². The Hall–Kier alpha value is -3.03. The number of H-pyrrole nitrogens is 1. The molecular formula is C13H11N5O3. The van der Waals surface area contributed by atoms with Crippen molar-refractivity contribution in [3.05, 3.63) is 67.8 Å². The zero-order chi connectivity index (χ0) is 15.0. The average Bonchev–Trinajstić information content (AvgIpc) is 2.92. The van der Waals surface area contributed by atoms with E-state index in [-0.39, 0.29) is 16.8 Å². The molecule has 0 unspecified atom stereocenters. The van der Waals surface area contributed by atoms with Gasteiger partial charge in [0.15, 0.2) is 0 Å². The Bertz CT molecular complexity index is 896. The number of aromatic nitrogens is 4. The highest BCUT2D eigenvalue weighted by molar-refractivity contribution is 5.43. The maximum Gasteiger partial charge on any atom is 0.269 e. The molecule has 0 aliphatic heterocycles. The summed E-state index contributed by atoms with van der Waals surface area (Å²) in [6, 6.07) is 6.24. The molecular weight excluding hydrogens is 274 g/mol. The van der Waals surface area contributed by atoms with E-state index >= 15 is 0 Å².